The number of aromatic nitrogens is 3. The van der Waals surface area contributed by atoms with E-state index in [1.807, 2.05) is 6.07 Å². The molecule has 32 heavy (non-hydrogen) atoms. The molecule has 0 aliphatic heterocycles. The first-order chi connectivity index (χ1) is 15.3. The van der Waals surface area contributed by atoms with Gasteiger partial charge in [-0.15, -0.1) is 0 Å². The van der Waals surface area contributed by atoms with Gasteiger partial charge in [0, 0.05) is 23.2 Å². The van der Waals surface area contributed by atoms with Crippen LogP contribution in [0.25, 0.3) is 10.9 Å². The molecule has 0 fully saturated rings. The monoisotopic (exact) mass is 438 g/mol. The summed E-state index contributed by atoms with van der Waals surface area (Å²) in [5, 5.41) is 6.47. The lowest BCUT2D eigenvalue weighted by Gasteiger charge is -2.12. The second-order valence-electron chi connectivity index (χ2n) is 6.97. The van der Waals surface area contributed by atoms with Crippen molar-refractivity contribution in [3.63, 3.8) is 0 Å². The summed E-state index contributed by atoms with van der Waals surface area (Å²) < 4.78 is 41.3. The van der Waals surface area contributed by atoms with Crippen LogP contribution < -0.4 is 16.4 Å². The van der Waals surface area contributed by atoms with E-state index in [1.54, 1.807) is 36.4 Å². The lowest BCUT2D eigenvalue weighted by molar-refractivity contribution is 0.100. The van der Waals surface area contributed by atoms with E-state index in [2.05, 4.69) is 25.6 Å². The van der Waals surface area contributed by atoms with Crippen molar-refractivity contribution in [1.29, 1.82) is 0 Å². The van der Waals surface area contributed by atoms with E-state index in [-0.39, 0.29) is 5.56 Å². The molecule has 7 nitrogen and oxygen atoms in total. The van der Waals surface area contributed by atoms with Crippen LogP contribution in [0.4, 0.5) is 30.5 Å². The Kier molecular flexibility index (Phi) is 5.59. The van der Waals surface area contributed by atoms with Gasteiger partial charge in [-0.25, -0.2) is 18.7 Å². The van der Waals surface area contributed by atoms with Crippen LogP contribution in [0.1, 0.15) is 21.5 Å². The third-order valence-electron chi connectivity index (χ3n) is 4.84. The predicted octanol–water partition coefficient (Wildman–Crippen LogP) is 4.21. The van der Waals surface area contributed by atoms with Gasteiger partial charge in [-0.3, -0.25) is 4.79 Å². The Morgan fingerprint density at radius 1 is 1.03 bits per heavy atom. The minimum Gasteiger partial charge on any atom is -0.366 e. The molecule has 0 unspecified atom stereocenters. The van der Waals surface area contributed by atoms with Gasteiger partial charge in [0.2, 0.25) is 0 Å². The standard InChI is InChI=1S/C22H17F3N6O/c1-11-16(23)19(25)31-22(17(11)24)30-13-5-2-4-12(8-13)9-27-21-15-7-3-6-14(20(26)32)18(15)28-10-29-21/h2-8,10H,9H2,1H3,(H2,26,32)(H,30,31)(H,27,28,29). The Morgan fingerprint density at radius 2 is 1.81 bits per heavy atom. The number of nitrogens with two attached hydrogens (primary N) is 1. The van der Waals surface area contributed by atoms with E-state index in [1.165, 1.54) is 6.33 Å². The van der Waals surface area contributed by atoms with E-state index in [4.69, 9.17) is 5.73 Å². The zero-order chi connectivity index (χ0) is 22.8. The van der Waals surface area contributed by atoms with E-state index in [9.17, 15) is 18.0 Å². The average Bonchev–Trinajstić information content (AvgIpc) is 2.79. The number of benzene rings is 2. The first kappa shape index (κ1) is 21.0. The van der Waals surface area contributed by atoms with E-state index in [0.717, 1.165) is 12.5 Å². The lowest BCUT2D eigenvalue weighted by Crippen LogP contribution is -2.12. The van der Waals surface area contributed by atoms with Gasteiger partial charge in [0.05, 0.1) is 11.1 Å². The number of nitrogens with one attached hydrogen (secondary N) is 2. The number of rotatable bonds is 6. The van der Waals surface area contributed by atoms with Crippen molar-refractivity contribution in [3.05, 3.63) is 83.1 Å². The SMILES string of the molecule is Cc1c(F)c(F)nc(Nc2cccc(CNc3ncnc4c(C(N)=O)cccc34)c2)c1F. The molecule has 0 spiro atoms. The van der Waals surface area contributed by atoms with Gasteiger partial charge in [-0.1, -0.05) is 18.2 Å². The van der Waals surface area contributed by atoms with Crippen molar-refractivity contribution in [3.8, 4) is 0 Å². The molecule has 0 atom stereocenters. The Bertz CT molecular complexity index is 1350. The highest BCUT2D eigenvalue weighted by Gasteiger charge is 2.17. The molecule has 0 radical (unpaired) electrons. The number of pyridine rings is 1. The second-order valence-corrected chi connectivity index (χ2v) is 6.97. The summed E-state index contributed by atoms with van der Waals surface area (Å²) in [6.07, 6.45) is 1.33. The Morgan fingerprint density at radius 3 is 2.59 bits per heavy atom. The average molecular weight is 438 g/mol. The van der Waals surface area contributed by atoms with Gasteiger partial charge in [-0.05, 0) is 36.8 Å². The third kappa shape index (κ3) is 4.02. The maximum absolute atomic E-state index is 14.2. The highest BCUT2D eigenvalue weighted by atomic mass is 19.2. The number of para-hydroxylation sites is 1. The molecule has 0 aliphatic carbocycles. The first-order valence-corrected chi connectivity index (χ1v) is 9.49. The van der Waals surface area contributed by atoms with Crippen molar-refractivity contribution < 1.29 is 18.0 Å². The topological polar surface area (TPSA) is 106 Å². The van der Waals surface area contributed by atoms with Crippen LogP contribution in [0.15, 0.2) is 48.8 Å². The van der Waals surface area contributed by atoms with Crippen LogP contribution in [0, 0.1) is 24.5 Å². The fraction of sp³-hybridized carbons (Fsp3) is 0.0909. The summed E-state index contributed by atoms with van der Waals surface area (Å²) in [5.74, 6) is -4.16. The molecule has 0 saturated carbocycles. The third-order valence-corrected chi connectivity index (χ3v) is 4.84. The molecule has 2 aromatic carbocycles. The van der Waals surface area contributed by atoms with E-state index < -0.39 is 34.9 Å². The molecule has 4 rings (SSSR count). The van der Waals surface area contributed by atoms with Gasteiger partial charge >= 0.3 is 0 Å². The molecule has 162 valence electrons. The van der Waals surface area contributed by atoms with Crippen LogP contribution in [0.5, 0.6) is 0 Å². The van der Waals surface area contributed by atoms with Crippen LogP contribution in [0.3, 0.4) is 0 Å². The highest BCUT2D eigenvalue weighted by molar-refractivity contribution is 6.06. The molecule has 4 aromatic rings. The van der Waals surface area contributed by atoms with Crippen molar-refractivity contribution in [2.45, 2.75) is 13.5 Å². The molecule has 10 heteroatoms. The van der Waals surface area contributed by atoms with Crippen molar-refractivity contribution >= 4 is 34.1 Å². The van der Waals surface area contributed by atoms with E-state index >= 15 is 0 Å². The minimum atomic E-state index is -1.38. The molecule has 0 bridgehead atoms. The second kappa shape index (κ2) is 8.50. The Labute approximate surface area is 180 Å². The van der Waals surface area contributed by atoms with E-state index in [0.29, 0.717) is 29.0 Å². The fourth-order valence-electron chi connectivity index (χ4n) is 3.22. The van der Waals surface area contributed by atoms with Crippen molar-refractivity contribution in [1.82, 2.24) is 15.0 Å². The van der Waals surface area contributed by atoms with Gasteiger partial charge in [0.25, 0.3) is 11.9 Å². The number of anilines is 3. The van der Waals surface area contributed by atoms with Crippen LogP contribution in [-0.4, -0.2) is 20.9 Å². The fourth-order valence-corrected chi connectivity index (χ4v) is 3.22. The van der Waals surface area contributed by atoms with Crippen LogP contribution in [0.2, 0.25) is 0 Å². The number of fused-ring (bicyclic) bond motifs is 1. The molecular formula is C22H17F3N6O. The predicted molar refractivity (Wildman–Crippen MR) is 114 cm³/mol. The molecule has 0 aliphatic rings. The van der Waals surface area contributed by atoms with Crippen molar-refractivity contribution in [2.24, 2.45) is 5.73 Å². The summed E-state index contributed by atoms with van der Waals surface area (Å²) in [7, 11) is 0. The quantitative estimate of drug-likeness (QED) is 0.390. The number of amides is 1. The molecule has 0 saturated heterocycles. The van der Waals surface area contributed by atoms with Gasteiger partial charge < -0.3 is 16.4 Å². The maximum atomic E-state index is 14.2. The number of hydrogen-bond donors (Lipinski definition) is 3. The van der Waals surface area contributed by atoms with Crippen LogP contribution >= 0.6 is 0 Å². The Balaban J connectivity index is 1.56. The molecular weight excluding hydrogens is 421 g/mol. The molecule has 2 aromatic heterocycles. The normalized spacial score (nSPS) is 10.9. The maximum Gasteiger partial charge on any atom is 0.251 e. The largest absolute Gasteiger partial charge is 0.366 e. The molecule has 2 heterocycles. The molecule has 1 amide bonds. The van der Waals surface area contributed by atoms with Crippen LogP contribution in [-0.2, 0) is 6.54 Å². The number of hydrogen-bond acceptors (Lipinski definition) is 6. The number of carbonyl (C=O) groups is 1. The van der Waals surface area contributed by atoms with Gasteiger partial charge in [-0.2, -0.15) is 9.37 Å². The zero-order valence-electron chi connectivity index (χ0n) is 16.8. The first-order valence-electron chi connectivity index (χ1n) is 9.49. The summed E-state index contributed by atoms with van der Waals surface area (Å²) in [5.41, 5.74) is 6.90. The number of primary amides is 1. The lowest BCUT2D eigenvalue weighted by atomic mass is 10.1. The summed E-state index contributed by atoms with van der Waals surface area (Å²) in [6.45, 7) is 1.46. The van der Waals surface area contributed by atoms with Crippen molar-refractivity contribution in [2.75, 3.05) is 10.6 Å². The number of carbonyl (C=O) groups excluding carboxylic acids is 1. The minimum absolute atomic E-state index is 0.287. The van der Waals surface area contributed by atoms with Gasteiger partial charge in [0.1, 0.15) is 12.1 Å². The molecule has 4 N–H and O–H groups in total. The number of halogens is 3. The summed E-state index contributed by atoms with van der Waals surface area (Å²) in [6, 6.07) is 11.9. The van der Waals surface area contributed by atoms with Gasteiger partial charge in [0.15, 0.2) is 17.5 Å². The summed E-state index contributed by atoms with van der Waals surface area (Å²) in [4.78, 5) is 23.3. The summed E-state index contributed by atoms with van der Waals surface area (Å²) >= 11 is 0. The Hall–Kier alpha value is -4.21. The zero-order valence-corrected chi connectivity index (χ0v) is 16.8. The smallest absolute Gasteiger partial charge is 0.251 e. The number of nitrogens with zero attached hydrogens (tertiary/aromatic N) is 3. The highest BCUT2D eigenvalue weighted by Crippen LogP contribution is 2.25.